The number of amides is 1. The fourth-order valence-corrected chi connectivity index (χ4v) is 3.07. The van der Waals surface area contributed by atoms with E-state index in [1.54, 1.807) is 6.07 Å². The average Bonchev–Trinajstić information content (AvgIpc) is 3.13. The first-order valence-electron chi connectivity index (χ1n) is 8.09. The Kier molecular flexibility index (Phi) is 3.44. The molecule has 1 saturated carbocycles. The molecule has 2 heterocycles. The molecule has 0 atom stereocenters. The van der Waals surface area contributed by atoms with Gasteiger partial charge in [0.15, 0.2) is 5.69 Å². The summed E-state index contributed by atoms with van der Waals surface area (Å²) in [6.45, 7) is 1.26. The van der Waals surface area contributed by atoms with Crippen molar-refractivity contribution in [2.75, 3.05) is 6.54 Å². The standard InChI is InChI=1S/C16H20N4O2/c21-16(13-9-15(22-19-13)11-5-6-11)17-7-8-20-14-4-2-1-3-12(14)10-18-20/h9-11H,1-8H2,(H,17,21). The van der Waals surface area contributed by atoms with Crippen molar-refractivity contribution in [1.29, 1.82) is 0 Å². The molecule has 2 aromatic rings. The van der Waals surface area contributed by atoms with E-state index in [2.05, 4.69) is 15.6 Å². The highest BCUT2D eigenvalue weighted by Gasteiger charge is 2.28. The fourth-order valence-electron chi connectivity index (χ4n) is 3.07. The Bertz CT molecular complexity index is 684. The molecule has 0 bridgehead atoms. The molecule has 1 fully saturated rings. The van der Waals surface area contributed by atoms with E-state index < -0.39 is 0 Å². The van der Waals surface area contributed by atoms with E-state index in [0.29, 0.717) is 24.7 Å². The number of rotatable bonds is 5. The first-order valence-corrected chi connectivity index (χ1v) is 8.09. The summed E-state index contributed by atoms with van der Waals surface area (Å²) in [5, 5.41) is 11.2. The van der Waals surface area contributed by atoms with E-state index in [-0.39, 0.29) is 5.91 Å². The molecule has 2 aliphatic rings. The summed E-state index contributed by atoms with van der Waals surface area (Å²) in [4.78, 5) is 12.1. The zero-order valence-electron chi connectivity index (χ0n) is 12.5. The molecule has 0 unspecified atom stereocenters. The highest BCUT2D eigenvalue weighted by Crippen LogP contribution is 2.40. The maximum atomic E-state index is 12.1. The predicted molar refractivity (Wildman–Crippen MR) is 79.7 cm³/mol. The molecule has 1 amide bonds. The molecule has 0 radical (unpaired) electrons. The van der Waals surface area contributed by atoms with Crippen molar-refractivity contribution < 1.29 is 9.32 Å². The quantitative estimate of drug-likeness (QED) is 0.917. The summed E-state index contributed by atoms with van der Waals surface area (Å²) in [5.41, 5.74) is 3.07. The summed E-state index contributed by atoms with van der Waals surface area (Å²) >= 11 is 0. The number of aromatic nitrogens is 3. The minimum atomic E-state index is -0.170. The Morgan fingerprint density at radius 1 is 1.36 bits per heavy atom. The molecular weight excluding hydrogens is 280 g/mol. The van der Waals surface area contributed by atoms with Crippen LogP contribution in [0.2, 0.25) is 0 Å². The molecule has 2 aromatic heterocycles. The molecule has 0 saturated heterocycles. The number of nitrogens with zero attached hydrogens (tertiary/aromatic N) is 3. The van der Waals surface area contributed by atoms with Gasteiger partial charge in [-0.25, -0.2) is 0 Å². The second kappa shape index (κ2) is 5.59. The Morgan fingerprint density at radius 3 is 3.09 bits per heavy atom. The van der Waals surface area contributed by atoms with Crippen molar-refractivity contribution in [2.45, 2.75) is 51.0 Å². The molecule has 0 spiro atoms. The minimum absolute atomic E-state index is 0.170. The topological polar surface area (TPSA) is 73.0 Å². The largest absolute Gasteiger partial charge is 0.360 e. The lowest BCUT2D eigenvalue weighted by molar-refractivity contribution is 0.0942. The SMILES string of the molecule is O=C(NCCn1ncc2c1CCCC2)c1cc(C2CC2)on1. The van der Waals surface area contributed by atoms with Gasteiger partial charge in [-0.1, -0.05) is 5.16 Å². The molecular formula is C16H20N4O2. The number of carbonyl (C=O) groups excluding carboxylic acids is 1. The van der Waals surface area contributed by atoms with Crippen LogP contribution in [0.25, 0.3) is 0 Å². The lowest BCUT2D eigenvalue weighted by atomic mass is 9.98. The van der Waals surface area contributed by atoms with E-state index >= 15 is 0 Å². The molecule has 6 nitrogen and oxygen atoms in total. The first-order chi connectivity index (χ1) is 10.8. The van der Waals surface area contributed by atoms with Crippen molar-refractivity contribution in [1.82, 2.24) is 20.3 Å². The second-order valence-electron chi connectivity index (χ2n) is 6.19. The van der Waals surface area contributed by atoms with E-state index in [9.17, 15) is 4.79 Å². The molecule has 1 N–H and O–H groups in total. The third kappa shape index (κ3) is 2.65. The van der Waals surface area contributed by atoms with E-state index in [0.717, 1.165) is 31.4 Å². The lowest BCUT2D eigenvalue weighted by Crippen LogP contribution is -2.28. The van der Waals surface area contributed by atoms with Gasteiger partial charge in [-0.15, -0.1) is 0 Å². The van der Waals surface area contributed by atoms with Crippen LogP contribution < -0.4 is 5.32 Å². The average molecular weight is 300 g/mol. The zero-order valence-corrected chi connectivity index (χ0v) is 12.5. The summed E-state index contributed by atoms with van der Waals surface area (Å²) in [6.07, 6.45) is 8.96. The minimum Gasteiger partial charge on any atom is -0.360 e. The van der Waals surface area contributed by atoms with Crippen molar-refractivity contribution >= 4 is 5.91 Å². The summed E-state index contributed by atoms with van der Waals surface area (Å²) in [7, 11) is 0. The zero-order chi connectivity index (χ0) is 14.9. The van der Waals surface area contributed by atoms with Crippen LogP contribution >= 0.6 is 0 Å². The first kappa shape index (κ1) is 13.5. The van der Waals surface area contributed by atoms with Crippen molar-refractivity contribution in [3.8, 4) is 0 Å². The molecule has 116 valence electrons. The third-order valence-electron chi connectivity index (χ3n) is 4.49. The van der Waals surface area contributed by atoms with Crippen LogP contribution in [0.15, 0.2) is 16.8 Å². The molecule has 6 heteroatoms. The Labute approximate surface area is 128 Å². The van der Waals surface area contributed by atoms with Gasteiger partial charge < -0.3 is 9.84 Å². The summed E-state index contributed by atoms with van der Waals surface area (Å²) < 4.78 is 7.23. The van der Waals surface area contributed by atoms with Gasteiger partial charge >= 0.3 is 0 Å². The van der Waals surface area contributed by atoms with Crippen LogP contribution in [-0.4, -0.2) is 27.4 Å². The smallest absolute Gasteiger partial charge is 0.273 e. The number of nitrogens with one attached hydrogen (secondary N) is 1. The van der Waals surface area contributed by atoms with Gasteiger partial charge in [0, 0.05) is 24.2 Å². The summed E-state index contributed by atoms with van der Waals surface area (Å²) in [6, 6.07) is 1.77. The van der Waals surface area contributed by atoms with Gasteiger partial charge in [-0.2, -0.15) is 5.10 Å². The monoisotopic (exact) mass is 300 g/mol. The van der Waals surface area contributed by atoms with E-state index in [1.807, 2.05) is 10.9 Å². The van der Waals surface area contributed by atoms with Crippen LogP contribution in [-0.2, 0) is 19.4 Å². The number of hydrogen-bond donors (Lipinski definition) is 1. The van der Waals surface area contributed by atoms with Gasteiger partial charge in [0.2, 0.25) is 0 Å². The van der Waals surface area contributed by atoms with Crippen LogP contribution in [0.5, 0.6) is 0 Å². The highest BCUT2D eigenvalue weighted by atomic mass is 16.5. The predicted octanol–water partition coefficient (Wildman–Crippen LogP) is 2.06. The number of fused-ring (bicyclic) bond motifs is 1. The summed E-state index contributed by atoms with van der Waals surface area (Å²) in [5.74, 6) is 1.15. The van der Waals surface area contributed by atoms with Crippen molar-refractivity contribution in [2.24, 2.45) is 0 Å². The Hall–Kier alpha value is -2.11. The van der Waals surface area contributed by atoms with Gasteiger partial charge in [0.1, 0.15) is 5.76 Å². The number of hydrogen-bond acceptors (Lipinski definition) is 4. The molecule has 4 rings (SSSR count). The molecule has 0 aromatic carbocycles. The number of aryl methyl sites for hydroxylation is 1. The van der Waals surface area contributed by atoms with Crippen molar-refractivity contribution in [3.05, 3.63) is 35.0 Å². The lowest BCUT2D eigenvalue weighted by Gasteiger charge is -2.13. The van der Waals surface area contributed by atoms with Crippen LogP contribution in [0, 0.1) is 0 Å². The van der Waals surface area contributed by atoms with Gasteiger partial charge in [-0.3, -0.25) is 9.48 Å². The van der Waals surface area contributed by atoms with E-state index in [1.165, 1.54) is 24.1 Å². The Morgan fingerprint density at radius 2 is 2.23 bits per heavy atom. The van der Waals surface area contributed by atoms with Gasteiger partial charge in [0.05, 0.1) is 12.7 Å². The maximum Gasteiger partial charge on any atom is 0.273 e. The van der Waals surface area contributed by atoms with Gasteiger partial charge in [-0.05, 0) is 44.1 Å². The fraction of sp³-hybridized carbons (Fsp3) is 0.562. The molecule has 0 aliphatic heterocycles. The van der Waals surface area contributed by atoms with Crippen LogP contribution in [0.4, 0.5) is 0 Å². The molecule has 22 heavy (non-hydrogen) atoms. The third-order valence-corrected chi connectivity index (χ3v) is 4.49. The molecule has 2 aliphatic carbocycles. The second-order valence-corrected chi connectivity index (χ2v) is 6.19. The maximum absolute atomic E-state index is 12.1. The number of carbonyl (C=O) groups is 1. The highest BCUT2D eigenvalue weighted by molar-refractivity contribution is 5.92. The van der Waals surface area contributed by atoms with Crippen LogP contribution in [0.3, 0.4) is 0 Å². The van der Waals surface area contributed by atoms with Gasteiger partial charge in [0.25, 0.3) is 5.91 Å². The van der Waals surface area contributed by atoms with Crippen molar-refractivity contribution in [3.63, 3.8) is 0 Å². The Balaban J connectivity index is 1.32. The van der Waals surface area contributed by atoms with E-state index in [4.69, 9.17) is 4.52 Å². The normalized spacial score (nSPS) is 17.3. The van der Waals surface area contributed by atoms with Crippen LogP contribution in [0.1, 0.15) is 59.1 Å².